The van der Waals surface area contributed by atoms with Crippen molar-refractivity contribution < 1.29 is 4.39 Å². The Morgan fingerprint density at radius 3 is 2.57 bits per heavy atom. The van der Waals surface area contributed by atoms with Crippen LogP contribution in [-0.4, -0.2) is 6.54 Å². The van der Waals surface area contributed by atoms with Crippen molar-refractivity contribution in [2.45, 2.75) is 13.0 Å². The van der Waals surface area contributed by atoms with Gasteiger partial charge in [0.25, 0.3) is 0 Å². The maximum atomic E-state index is 13.4. The number of hydrogen-bond donors (Lipinski definition) is 1. The molecule has 0 saturated carbocycles. The van der Waals surface area contributed by atoms with Gasteiger partial charge in [-0.3, -0.25) is 0 Å². The standard InChI is InChI=1S/C19H18FN/c20-18-10-9-16-7-4-8-17(19(16)13-18)11-12-21-14-15-5-2-1-3-6-15/h1-10,13,21H,11-12,14H2. The van der Waals surface area contributed by atoms with E-state index in [9.17, 15) is 4.39 Å². The van der Waals surface area contributed by atoms with Crippen LogP contribution in [0.15, 0.2) is 66.7 Å². The third-order valence-corrected chi connectivity index (χ3v) is 3.68. The minimum Gasteiger partial charge on any atom is -0.312 e. The second kappa shape index (κ2) is 6.51. The van der Waals surface area contributed by atoms with Gasteiger partial charge in [0.2, 0.25) is 0 Å². The summed E-state index contributed by atoms with van der Waals surface area (Å²) in [6.07, 6.45) is 0.896. The van der Waals surface area contributed by atoms with Crippen molar-refractivity contribution in [2.24, 2.45) is 0 Å². The summed E-state index contributed by atoms with van der Waals surface area (Å²) in [6, 6.07) is 21.4. The first-order chi connectivity index (χ1) is 10.3. The Kier molecular flexibility index (Phi) is 4.27. The molecule has 0 unspecified atom stereocenters. The molecule has 0 spiro atoms. The molecule has 106 valence electrons. The molecular weight excluding hydrogens is 261 g/mol. The molecular formula is C19H18FN. The van der Waals surface area contributed by atoms with Gasteiger partial charge in [0.15, 0.2) is 0 Å². The predicted molar refractivity (Wildman–Crippen MR) is 85.8 cm³/mol. The summed E-state index contributed by atoms with van der Waals surface area (Å²) in [4.78, 5) is 0. The Morgan fingerprint density at radius 2 is 1.71 bits per heavy atom. The molecule has 3 aromatic carbocycles. The van der Waals surface area contributed by atoms with Crippen LogP contribution in [0.5, 0.6) is 0 Å². The van der Waals surface area contributed by atoms with Crippen molar-refractivity contribution in [3.63, 3.8) is 0 Å². The van der Waals surface area contributed by atoms with Crippen LogP contribution >= 0.6 is 0 Å². The lowest BCUT2D eigenvalue weighted by atomic mass is 10.0. The lowest BCUT2D eigenvalue weighted by Gasteiger charge is -2.08. The quantitative estimate of drug-likeness (QED) is 0.686. The highest BCUT2D eigenvalue weighted by molar-refractivity contribution is 5.85. The summed E-state index contributed by atoms with van der Waals surface area (Å²) in [5.41, 5.74) is 2.47. The molecule has 0 fully saturated rings. The lowest BCUT2D eigenvalue weighted by Crippen LogP contribution is -2.16. The molecule has 0 saturated heterocycles. The molecule has 0 amide bonds. The molecule has 1 N–H and O–H groups in total. The van der Waals surface area contributed by atoms with Gasteiger partial charge >= 0.3 is 0 Å². The van der Waals surface area contributed by atoms with E-state index in [0.29, 0.717) is 0 Å². The third-order valence-electron chi connectivity index (χ3n) is 3.68. The minimum atomic E-state index is -0.174. The van der Waals surface area contributed by atoms with Crippen molar-refractivity contribution in [3.05, 3.63) is 83.7 Å². The summed E-state index contributed by atoms with van der Waals surface area (Å²) < 4.78 is 13.4. The molecule has 0 aliphatic heterocycles. The summed E-state index contributed by atoms with van der Waals surface area (Å²) in [7, 11) is 0. The van der Waals surface area contributed by atoms with Gasteiger partial charge < -0.3 is 5.32 Å². The average Bonchev–Trinajstić information content (AvgIpc) is 2.53. The second-order valence-corrected chi connectivity index (χ2v) is 5.19. The van der Waals surface area contributed by atoms with Crippen LogP contribution in [0.4, 0.5) is 4.39 Å². The first-order valence-electron chi connectivity index (χ1n) is 7.25. The number of benzene rings is 3. The molecule has 3 rings (SSSR count). The SMILES string of the molecule is Fc1ccc2cccc(CCNCc3ccccc3)c2c1. The first kappa shape index (κ1) is 13.8. The summed E-state index contributed by atoms with van der Waals surface area (Å²) in [6.45, 7) is 1.74. The van der Waals surface area contributed by atoms with E-state index in [-0.39, 0.29) is 5.82 Å². The van der Waals surface area contributed by atoms with Crippen LogP contribution in [-0.2, 0) is 13.0 Å². The monoisotopic (exact) mass is 279 g/mol. The van der Waals surface area contributed by atoms with Gasteiger partial charge in [-0.25, -0.2) is 4.39 Å². The second-order valence-electron chi connectivity index (χ2n) is 5.19. The first-order valence-corrected chi connectivity index (χ1v) is 7.25. The molecule has 3 aromatic rings. The zero-order valence-corrected chi connectivity index (χ0v) is 11.9. The van der Waals surface area contributed by atoms with Crippen molar-refractivity contribution in [1.82, 2.24) is 5.32 Å². The summed E-state index contributed by atoms with van der Waals surface area (Å²) >= 11 is 0. The van der Waals surface area contributed by atoms with E-state index in [0.717, 1.165) is 30.3 Å². The maximum Gasteiger partial charge on any atom is 0.123 e. The Hall–Kier alpha value is -2.19. The van der Waals surface area contributed by atoms with Gasteiger partial charge in [-0.2, -0.15) is 0 Å². The van der Waals surface area contributed by atoms with Gasteiger partial charge in [0, 0.05) is 6.54 Å². The topological polar surface area (TPSA) is 12.0 Å². The van der Waals surface area contributed by atoms with E-state index in [4.69, 9.17) is 0 Å². The van der Waals surface area contributed by atoms with E-state index in [1.807, 2.05) is 36.4 Å². The van der Waals surface area contributed by atoms with Crippen LogP contribution < -0.4 is 5.32 Å². The highest BCUT2D eigenvalue weighted by Gasteiger charge is 2.02. The van der Waals surface area contributed by atoms with Gasteiger partial charge in [-0.15, -0.1) is 0 Å². The van der Waals surface area contributed by atoms with Crippen LogP contribution in [0.2, 0.25) is 0 Å². The maximum absolute atomic E-state index is 13.4. The highest BCUT2D eigenvalue weighted by atomic mass is 19.1. The van der Waals surface area contributed by atoms with Crippen LogP contribution in [0.25, 0.3) is 10.8 Å². The Bertz CT molecular complexity index is 722. The normalized spacial score (nSPS) is 10.9. The van der Waals surface area contributed by atoms with Gasteiger partial charge in [-0.1, -0.05) is 54.6 Å². The highest BCUT2D eigenvalue weighted by Crippen LogP contribution is 2.20. The summed E-state index contributed by atoms with van der Waals surface area (Å²) in [5, 5.41) is 5.54. The van der Waals surface area contributed by atoms with Crippen molar-refractivity contribution in [3.8, 4) is 0 Å². The fourth-order valence-corrected chi connectivity index (χ4v) is 2.58. The molecule has 0 aliphatic rings. The van der Waals surface area contributed by atoms with E-state index in [2.05, 4.69) is 23.5 Å². The van der Waals surface area contributed by atoms with E-state index in [1.54, 1.807) is 6.07 Å². The molecule has 1 nitrogen and oxygen atoms in total. The predicted octanol–water partition coefficient (Wildman–Crippen LogP) is 4.31. The smallest absolute Gasteiger partial charge is 0.123 e. The van der Waals surface area contributed by atoms with Crippen molar-refractivity contribution in [1.29, 1.82) is 0 Å². The van der Waals surface area contributed by atoms with E-state index >= 15 is 0 Å². The molecule has 0 bridgehead atoms. The largest absolute Gasteiger partial charge is 0.312 e. The molecule has 0 heterocycles. The van der Waals surface area contributed by atoms with Crippen LogP contribution in [0, 0.1) is 5.82 Å². The Labute approximate surface area is 124 Å². The number of rotatable bonds is 5. The zero-order valence-electron chi connectivity index (χ0n) is 11.9. The zero-order chi connectivity index (χ0) is 14.5. The average molecular weight is 279 g/mol. The van der Waals surface area contributed by atoms with Crippen molar-refractivity contribution in [2.75, 3.05) is 6.54 Å². The van der Waals surface area contributed by atoms with Gasteiger partial charge in [-0.05, 0) is 47.0 Å². The van der Waals surface area contributed by atoms with Crippen molar-refractivity contribution >= 4 is 10.8 Å². The Morgan fingerprint density at radius 1 is 0.857 bits per heavy atom. The fourth-order valence-electron chi connectivity index (χ4n) is 2.58. The fraction of sp³-hybridized carbons (Fsp3) is 0.158. The van der Waals surface area contributed by atoms with E-state index in [1.165, 1.54) is 17.2 Å². The molecule has 0 aromatic heterocycles. The van der Waals surface area contributed by atoms with Crippen LogP contribution in [0.3, 0.4) is 0 Å². The number of nitrogens with one attached hydrogen (secondary N) is 1. The molecule has 0 atom stereocenters. The molecule has 21 heavy (non-hydrogen) atoms. The minimum absolute atomic E-state index is 0.174. The van der Waals surface area contributed by atoms with E-state index < -0.39 is 0 Å². The molecule has 0 aliphatic carbocycles. The van der Waals surface area contributed by atoms with Crippen LogP contribution in [0.1, 0.15) is 11.1 Å². The number of fused-ring (bicyclic) bond motifs is 1. The molecule has 2 heteroatoms. The number of hydrogen-bond acceptors (Lipinski definition) is 1. The number of halogens is 1. The lowest BCUT2D eigenvalue weighted by molar-refractivity contribution is 0.629. The van der Waals surface area contributed by atoms with Gasteiger partial charge in [0.1, 0.15) is 5.82 Å². The summed E-state index contributed by atoms with van der Waals surface area (Å²) in [5.74, 6) is -0.174. The Balaban J connectivity index is 1.64. The molecule has 0 radical (unpaired) electrons. The third kappa shape index (κ3) is 3.47. The van der Waals surface area contributed by atoms with Gasteiger partial charge in [0.05, 0.1) is 0 Å².